The first-order valence-corrected chi connectivity index (χ1v) is 7.75. The molecular formula is C13H13BrFNO2S. The van der Waals surface area contributed by atoms with Crippen molar-refractivity contribution in [2.45, 2.75) is 0 Å². The number of amides is 1. The van der Waals surface area contributed by atoms with Gasteiger partial charge >= 0.3 is 0 Å². The van der Waals surface area contributed by atoms with Crippen LogP contribution in [0.25, 0.3) is 10.1 Å². The van der Waals surface area contributed by atoms with Crippen LogP contribution in [0, 0.1) is 5.82 Å². The highest BCUT2D eigenvalue weighted by molar-refractivity contribution is 9.09. The van der Waals surface area contributed by atoms with Crippen molar-refractivity contribution >= 4 is 43.3 Å². The van der Waals surface area contributed by atoms with E-state index in [1.165, 1.54) is 23.5 Å². The normalized spacial score (nSPS) is 10.8. The molecule has 19 heavy (non-hydrogen) atoms. The highest BCUT2D eigenvalue weighted by atomic mass is 79.9. The molecule has 0 saturated heterocycles. The van der Waals surface area contributed by atoms with Gasteiger partial charge in [-0.3, -0.25) is 4.79 Å². The Bertz CT molecular complexity index is 573. The lowest BCUT2D eigenvalue weighted by Crippen LogP contribution is -2.26. The van der Waals surface area contributed by atoms with E-state index >= 15 is 0 Å². The van der Waals surface area contributed by atoms with E-state index in [0.717, 1.165) is 15.4 Å². The third-order valence-electron chi connectivity index (χ3n) is 2.46. The molecule has 2 rings (SSSR count). The number of nitrogens with one attached hydrogen (secondary N) is 1. The maximum atomic E-state index is 13.1. The number of rotatable bonds is 6. The number of alkyl halides is 1. The lowest BCUT2D eigenvalue weighted by molar-refractivity contribution is 0.0928. The summed E-state index contributed by atoms with van der Waals surface area (Å²) < 4.78 is 19.1. The lowest BCUT2D eigenvalue weighted by atomic mass is 10.2. The van der Waals surface area contributed by atoms with E-state index in [4.69, 9.17) is 4.74 Å². The van der Waals surface area contributed by atoms with Gasteiger partial charge in [0.1, 0.15) is 5.82 Å². The van der Waals surface area contributed by atoms with Crippen molar-refractivity contribution in [1.29, 1.82) is 0 Å². The zero-order valence-corrected chi connectivity index (χ0v) is 12.5. The first-order chi connectivity index (χ1) is 9.20. The van der Waals surface area contributed by atoms with Gasteiger partial charge in [0.05, 0.1) is 18.1 Å². The van der Waals surface area contributed by atoms with E-state index < -0.39 is 0 Å². The summed E-state index contributed by atoms with van der Waals surface area (Å²) in [5, 5.41) is 4.43. The second-order valence-corrected chi connectivity index (χ2v) is 5.73. The van der Waals surface area contributed by atoms with Crippen molar-refractivity contribution in [3.8, 4) is 0 Å². The minimum absolute atomic E-state index is 0.149. The van der Waals surface area contributed by atoms with E-state index in [1.54, 1.807) is 12.1 Å². The number of fused-ring (bicyclic) bond motifs is 1. The number of thiophene rings is 1. The molecule has 1 N–H and O–H groups in total. The Labute approximate surface area is 122 Å². The molecule has 0 aliphatic carbocycles. The van der Waals surface area contributed by atoms with Crippen molar-refractivity contribution in [1.82, 2.24) is 5.32 Å². The average Bonchev–Trinajstić information content (AvgIpc) is 2.81. The molecule has 2 aromatic rings. The summed E-state index contributed by atoms with van der Waals surface area (Å²) in [6.07, 6.45) is 0. The maximum absolute atomic E-state index is 13.1. The molecule has 0 bridgehead atoms. The van der Waals surface area contributed by atoms with Gasteiger partial charge in [0, 0.05) is 16.6 Å². The predicted octanol–water partition coefficient (Wildman–Crippen LogP) is 3.18. The summed E-state index contributed by atoms with van der Waals surface area (Å²) >= 11 is 4.54. The number of carbonyl (C=O) groups is 1. The zero-order chi connectivity index (χ0) is 13.7. The fourth-order valence-electron chi connectivity index (χ4n) is 1.60. The van der Waals surface area contributed by atoms with E-state index in [-0.39, 0.29) is 11.7 Å². The lowest BCUT2D eigenvalue weighted by Gasteiger charge is -2.03. The SMILES string of the molecule is O=C(NCCOCCBr)c1cc2ccc(F)cc2s1. The van der Waals surface area contributed by atoms with Crippen LogP contribution in [0.15, 0.2) is 24.3 Å². The third-order valence-corrected chi connectivity index (χ3v) is 3.88. The summed E-state index contributed by atoms with van der Waals surface area (Å²) in [7, 11) is 0. The second-order valence-electron chi connectivity index (χ2n) is 3.85. The first kappa shape index (κ1) is 14.4. The van der Waals surface area contributed by atoms with Crippen LogP contribution >= 0.6 is 27.3 Å². The molecule has 0 saturated carbocycles. The Morgan fingerprint density at radius 2 is 2.21 bits per heavy atom. The van der Waals surface area contributed by atoms with Crippen LogP contribution < -0.4 is 5.32 Å². The predicted molar refractivity (Wildman–Crippen MR) is 78.7 cm³/mol. The number of carbonyl (C=O) groups excluding carboxylic acids is 1. The van der Waals surface area contributed by atoms with Crippen LogP contribution in [-0.2, 0) is 4.74 Å². The van der Waals surface area contributed by atoms with Crippen molar-refractivity contribution < 1.29 is 13.9 Å². The van der Waals surface area contributed by atoms with Crippen LogP contribution in [-0.4, -0.2) is 31.0 Å². The highest BCUT2D eigenvalue weighted by Gasteiger charge is 2.10. The van der Waals surface area contributed by atoms with Gasteiger partial charge in [0.2, 0.25) is 0 Å². The molecule has 0 spiro atoms. The van der Waals surface area contributed by atoms with Gasteiger partial charge in [0.15, 0.2) is 0 Å². The van der Waals surface area contributed by atoms with Crippen LogP contribution in [0.3, 0.4) is 0 Å². The van der Waals surface area contributed by atoms with E-state index in [0.29, 0.717) is 24.6 Å². The average molecular weight is 346 g/mol. The molecule has 0 atom stereocenters. The van der Waals surface area contributed by atoms with Crippen molar-refractivity contribution in [2.75, 3.05) is 25.1 Å². The van der Waals surface area contributed by atoms with Gasteiger partial charge in [-0.15, -0.1) is 11.3 Å². The molecule has 0 aliphatic heterocycles. The molecule has 1 amide bonds. The van der Waals surface area contributed by atoms with Gasteiger partial charge in [-0.05, 0) is 23.6 Å². The Balaban J connectivity index is 1.94. The fourth-order valence-corrected chi connectivity index (χ4v) is 2.83. The molecule has 0 aliphatic rings. The number of hydrogen-bond acceptors (Lipinski definition) is 3. The number of benzene rings is 1. The van der Waals surface area contributed by atoms with Crippen LogP contribution in [0.1, 0.15) is 9.67 Å². The summed E-state index contributed by atoms with van der Waals surface area (Å²) in [6.45, 7) is 1.57. The van der Waals surface area contributed by atoms with Gasteiger partial charge in [0.25, 0.3) is 5.91 Å². The quantitative estimate of drug-likeness (QED) is 0.645. The molecular weight excluding hydrogens is 333 g/mol. The topological polar surface area (TPSA) is 38.3 Å². The molecule has 1 aromatic carbocycles. The third kappa shape index (κ3) is 3.99. The molecule has 6 heteroatoms. The van der Waals surface area contributed by atoms with Gasteiger partial charge in [-0.1, -0.05) is 22.0 Å². The molecule has 102 valence electrons. The fraction of sp³-hybridized carbons (Fsp3) is 0.308. The Kier molecular flexibility index (Phi) is 5.30. The molecule has 1 heterocycles. The summed E-state index contributed by atoms with van der Waals surface area (Å²) in [4.78, 5) is 12.5. The standard InChI is InChI=1S/C13H13BrFNO2S/c14-3-5-18-6-4-16-13(17)12-7-9-1-2-10(15)8-11(9)19-12/h1-2,7-8H,3-6H2,(H,16,17). The molecule has 1 aromatic heterocycles. The smallest absolute Gasteiger partial charge is 0.261 e. The largest absolute Gasteiger partial charge is 0.379 e. The second kappa shape index (κ2) is 6.98. The van der Waals surface area contributed by atoms with Gasteiger partial charge in [-0.25, -0.2) is 4.39 Å². The van der Waals surface area contributed by atoms with Crippen molar-refractivity contribution in [2.24, 2.45) is 0 Å². The summed E-state index contributed by atoms with van der Waals surface area (Å²) in [5.74, 6) is -0.437. The molecule has 0 unspecified atom stereocenters. The van der Waals surface area contributed by atoms with Crippen LogP contribution in [0.5, 0.6) is 0 Å². The molecule has 0 fully saturated rings. The van der Waals surface area contributed by atoms with Crippen molar-refractivity contribution in [3.05, 3.63) is 35.0 Å². The number of ether oxygens (including phenoxy) is 1. The molecule has 0 radical (unpaired) electrons. The minimum atomic E-state index is -0.288. The minimum Gasteiger partial charge on any atom is -0.379 e. The maximum Gasteiger partial charge on any atom is 0.261 e. The highest BCUT2D eigenvalue weighted by Crippen LogP contribution is 2.26. The summed E-state index contributed by atoms with van der Waals surface area (Å²) in [6, 6.07) is 6.28. The summed E-state index contributed by atoms with van der Waals surface area (Å²) in [5.41, 5.74) is 0. The van der Waals surface area contributed by atoms with Crippen molar-refractivity contribution in [3.63, 3.8) is 0 Å². The van der Waals surface area contributed by atoms with Crippen LogP contribution in [0.4, 0.5) is 4.39 Å². The van der Waals surface area contributed by atoms with Gasteiger partial charge in [-0.2, -0.15) is 0 Å². The van der Waals surface area contributed by atoms with Crippen LogP contribution in [0.2, 0.25) is 0 Å². The molecule has 3 nitrogen and oxygen atoms in total. The van der Waals surface area contributed by atoms with E-state index in [1.807, 2.05) is 0 Å². The number of hydrogen-bond donors (Lipinski definition) is 1. The van der Waals surface area contributed by atoms with Gasteiger partial charge < -0.3 is 10.1 Å². The Morgan fingerprint density at radius 3 is 3.00 bits per heavy atom. The Hall–Kier alpha value is -0.980. The zero-order valence-electron chi connectivity index (χ0n) is 10.1. The monoisotopic (exact) mass is 345 g/mol. The van der Waals surface area contributed by atoms with E-state index in [2.05, 4.69) is 21.2 Å². The first-order valence-electron chi connectivity index (χ1n) is 5.81. The Morgan fingerprint density at radius 1 is 1.37 bits per heavy atom. The van der Waals surface area contributed by atoms with E-state index in [9.17, 15) is 9.18 Å². The number of halogens is 2.